The maximum absolute atomic E-state index is 9.94. The van der Waals surface area contributed by atoms with Crippen molar-refractivity contribution >= 4 is 28.8 Å². The van der Waals surface area contributed by atoms with Crippen LogP contribution in [0.3, 0.4) is 0 Å². The Kier molecular flexibility index (Phi) is 6.03. The number of rotatable bonds is 6. The maximum atomic E-state index is 9.94. The van der Waals surface area contributed by atoms with Gasteiger partial charge < -0.3 is 30.8 Å². The second kappa shape index (κ2) is 9.03. The van der Waals surface area contributed by atoms with E-state index in [-0.39, 0.29) is 11.9 Å². The van der Waals surface area contributed by atoms with E-state index in [9.17, 15) is 5.11 Å². The van der Waals surface area contributed by atoms with Crippen LogP contribution in [0.1, 0.15) is 19.3 Å². The highest BCUT2D eigenvalue weighted by Gasteiger charge is 2.23. The summed E-state index contributed by atoms with van der Waals surface area (Å²) >= 11 is 0. The van der Waals surface area contributed by atoms with Gasteiger partial charge in [-0.25, -0.2) is 9.97 Å². The van der Waals surface area contributed by atoms with Gasteiger partial charge in [0.15, 0.2) is 12.0 Å². The van der Waals surface area contributed by atoms with Gasteiger partial charge in [-0.3, -0.25) is 0 Å². The molecule has 9 nitrogen and oxygen atoms in total. The molecule has 0 bridgehead atoms. The summed E-state index contributed by atoms with van der Waals surface area (Å²) in [5.74, 6) is 2.05. The Bertz CT molecular complexity index is 860. The largest absolute Gasteiger partial charge is 0.391 e. The molecule has 9 heteroatoms. The number of anilines is 4. The minimum atomic E-state index is -0.292. The average Bonchev–Trinajstić information content (AvgIpc) is 3.20. The number of β-amino-alcohol motifs (C(OH)–C–C–N with tert-alkyl or cyclic N) is 1. The van der Waals surface area contributed by atoms with Crippen molar-refractivity contribution in [3.63, 3.8) is 0 Å². The van der Waals surface area contributed by atoms with Gasteiger partial charge in [-0.2, -0.15) is 0 Å². The topological polar surface area (TPSA) is 103 Å². The molecular formula is C20H26N8O. The quantitative estimate of drug-likeness (QED) is 0.553. The van der Waals surface area contributed by atoms with Crippen LogP contribution in [0, 0.1) is 12.5 Å². The van der Waals surface area contributed by atoms with E-state index < -0.39 is 0 Å². The van der Waals surface area contributed by atoms with Gasteiger partial charge in [-0.15, -0.1) is 4.98 Å². The number of aromatic nitrogens is 3. The number of hydrogen-bond acceptors (Lipinski definition) is 8. The number of aliphatic hydroxyl groups is 1. The molecule has 152 valence electrons. The summed E-state index contributed by atoms with van der Waals surface area (Å²) in [5.41, 5.74) is 2.00. The number of hydrogen-bond donors (Lipinski definition) is 4. The third-order valence-electron chi connectivity index (χ3n) is 5.38. The minimum Gasteiger partial charge on any atom is -0.391 e. The van der Waals surface area contributed by atoms with Crippen LogP contribution in [0.5, 0.6) is 0 Å². The first kappa shape index (κ1) is 19.4. The molecule has 2 unspecified atom stereocenters. The van der Waals surface area contributed by atoms with Crippen molar-refractivity contribution in [2.75, 3.05) is 48.3 Å². The summed E-state index contributed by atoms with van der Waals surface area (Å²) < 4.78 is 0. The highest BCUT2D eigenvalue weighted by Crippen LogP contribution is 2.31. The summed E-state index contributed by atoms with van der Waals surface area (Å²) in [5, 5.41) is 20.1. The lowest BCUT2D eigenvalue weighted by Gasteiger charge is -2.26. The first-order chi connectivity index (χ1) is 14.2. The Morgan fingerprint density at radius 1 is 1.21 bits per heavy atom. The Hall–Kier alpha value is -2.96. The first-order valence-corrected chi connectivity index (χ1v) is 10.1. The third-order valence-corrected chi connectivity index (χ3v) is 5.38. The monoisotopic (exact) mass is 394 g/mol. The number of piperidine rings is 1. The van der Waals surface area contributed by atoms with Crippen molar-refractivity contribution in [2.45, 2.75) is 25.4 Å². The molecule has 2 atom stereocenters. The molecule has 0 saturated carbocycles. The van der Waals surface area contributed by atoms with Crippen LogP contribution in [0.4, 0.5) is 28.8 Å². The predicted octanol–water partition coefficient (Wildman–Crippen LogP) is 2.15. The average molecular weight is 394 g/mol. The van der Waals surface area contributed by atoms with E-state index in [4.69, 9.17) is 6.57 Å². The molecule has 0 radical (unpaired) electrons. The van der Waals surface area contributed by atoms with E-state index in [2.05, 4.69) is 40.6 Å². The molecule has 4 heterocycles. The molecule has 0 aliphatic carbocycles. The van der Waals surface area contributed by atoms with Gasteiger partial charge in [-0.05, 0) is 38.3 Å². The highest BCUT2D eigenvalue weighted by atomic mass is 16.3. The van der Waals surface area contributed by atoms with Gasteiger partial charge >= 0.3 is 0 Å². The molecular weight excluding hydrogens is 368 g/mol. The van der Waals surface area contributed by atoms with E-state index in [1.165, 1.54) is 25.2 Å². The van der Waals surface area contributed by atoms with E-state index >= 15 is 0 Å². The molecule has 2 fully saturated rings. The van der Waals surface area contributed by atoms with E-state index in [0.717, 1.165) is 44.0 Å². The molecule has 2 aromatic rings. The fraction of sp³-hybridized carbons (Fsp3) is 0.500. The Morgan fingerprint density at radius 2 is 2.10 bits per heavy atom. The zero-order valence-electron chi connectivity index (χ0n) is 16.3. The van der Waals surface area contributed by atoms with Gasteiger partial charge in [0.05, 0.1) is 29.9 Å². The Balaban J connectivity index is 1.52. The molecule has 0 amide bonds. The van der Waals surface area contributed by atoms with E-state index in [1.54, 1.807) is 0 Å². The van der Waals surface area contributed by atoms with Crippen molar-refractivity contribution in [1.82, 2.24) is 20.3 Å². The Labute approximate surface area is 170 Å². The summed E-state index contributed by atoms with van der Waals surface area (Å²) in [6.45, 7) is 11.4. The molecule has 2 aliphatic rings. The summed E-state index contributed by atoms with van der Waals surface area (Å²) in [4.78, 5) is 18.2. The van der Waals surface area contributed by atoms with Crippen LogP contribution in [-0.2, 0) is 0 Å². The fourth-order valence-corrected chi connectivity index (χ4v) is 3.80. The van der Waals surface area contributed by atoms with Gasteiger partial charge in [0.2, 0.25) is 0 Å². The van der Waals surface area contributed by atoms with Crippen molar-refractivity contribution in [1.29, 1.82) is 0 Å². The van der Waals surface area contributed by atoms with Crippen LogP contribution < -0.4 is 20.9 Å². The smallest absolute Gasteiger partial charge is 0.288 e. The third kappa shape index (κ3) is 4.91. The number of pyridine rings is 1. The number of aliphatic hydroxyl groups excluding tert-OH is 1. The number of nitrogens with zero attached hydrogens (tertiary/aromatic N) is 5. The SMILES string of the molecule is [C-]#[N+]c1cnc(Nc2cc(NCC3CCCNC3)c(N3CCC(O)C3)cn2)cn1. The van der Waals surface area contributed by atoms with Crippen LogP contribution in [0.2, 0.25) is 0 Å². The van der Waals surface area contributed by atoms with Crippen molar-refractivity contribution < 1.29 is 5.11 Å². The predicted molar refractivity (Wildman–Crippen MR) is 113 cm³/mol. The van der Waals surface area contributed by atoms with Crippen molar-refractivity contribution in [3.05, 3.63) is 36.1 Å². The first-order valence-electron chi connectivity index (χ1n) is 10.1. The number of nitrogens with one attached hydrogen (secondary N) is 3. The van der Waals surface area contributed by atoms with Gasteiger partial charge in [0.25, 0.3) is 5.82 Å². The van der Waals surface area contributed by atoms with E-state index in [0.29, 0.717) is 24.1 Å². The van der Waals surface area contributed by atoms with Crippen LogP contribution in [-0.4, -0.2) is 58.9 Å². The zero-order valence-corrected chi connectivity index (χ0v) is 16.3. The van der Waals surface area contributed by atoms with Gasteiger partial charge in [0, 0.05) is 25.7 Å². The van der Waals surface area contributed by atoms with E-state index in [1.807, 2.05) is 12.3 Å². The molecule has 0 spiro atoms. The van der Waals surface area contributed by atoms with Crippen LogP contribution in [0.15, 0.2) is 24.7 Å². The standard InChI is InChI=1S/C20H26N8O/c1-21-19-11-26-20(12-25-19)27-18-7-16(23-9-14-3-2-5-22-8-14)17(10-24-18)28-6-4-15(29)13-28/h7,10-12,14-15,22,29H,2-6,8-9,13H2,(H2,23,24,26,27). The Morgan fingerprint density at radius 3 is 2.79 bits per heavy atom. The molecule has 4 rings (SSSR count). The normalized spacial score (nSPS) is 21.6. The zero-order chi connectivity index (χ0) is 20.1. The molecule has 0 aromatic carbocycles. The molecule has 2 aromatic heterocycles. The summed E-state index contributed by atoms with van der Waals surface area (Å²) in [7, 11) is 0. The second-order valence-corrected chi connectivity index (χ2v) is 7.57. The van der Waals surface area contributed by atoms with Crippen molar-refractivity contribution in [3.8, 4) is 0 Å². The highest BCUT2D eigenvalue weighted by molar-refractivity contribution is 5.74. The molecule has 2 saturated heterocycles. The summed E-state index contributed by atoms with van der Waals surface area (Å²) in [6.07, 6.45) is 7.71. The lowest BCUT2D eigenvalue weighted by molar-refractivity contribution is 0.198. The minimum absolute atomic E-state index is 0.259. The lowest BCUT2D eigenvalue weighted by atomic mass is 10.00. The van der Waals surface area contributed by atoms with Crippen LogP contribution >= 0.6 is 0 Å². The fourth-order valence-electron chi connectivity index (χ4n) is 3.80. The van der Waals surface area contributed by atoms with Crippen molar-refractivity contribution in [2.24, 2.45) is 5.92 Å². The lowest BCUT2D eigenvalue weighted by Crippen LogP contribution is -2.33. The van der Waals surface area contributed by atoms with Crippen LogP contribution in [0.25, 0.3) is 4.85 Å². The molecule has 4 N–H and O–H groups in total. The van der Waals surface area contributed by atoms with Gasteiger partial charge in [0.1, 0.15) is 5.82 Å². The second-order valence-electron chi connectivity index (χ2n) is 7.57. The maximum Gasteiger partial charge on any atom is 0.288 e. The summed E-state index contributed by atoms with van der Waals surface area (Å²) in [6, 6.07) is 1.97. The molecule has 2 aliphatic heterocycles. The van der Waals surface area contributed by atoms with Gasteiger partial charge in [-0.1, -0.05) is 6.57 Å². The molecule has 29 heavy (non-hydrogen) atoms.